The summed E-state index contributed by atoms with van der Waals surface area (Å²) in [5.74, 6) is 1.62. The van der Waals surface area contributed by atoms with E-state index in [0.29, 0.717) is 5.92 Å². The molecule has 3 heteroatoms. The van der Waals surface area contributed by atoms with Gasteiger partial charge in [0.2, 0.25) is 0 Å². The molecule has 0 spiro atoms. The second-order valence-corrected chi connectivity index (χ2v) is 6.06. The predicted octanol–water partition coefficient (Wildman–Crippen LogP) is 3.54. The molecule has 1 aliphatic heterocycles. The standard InChI is InChI=1S/C19H24N2O/c1-2-16-5-7-19(8-6-16)22-15-18-9-11-21(14-18)13-17-4-3-10-20-12-17/h3-8,10,12,18H,2,9,11,13-15H2,1H3. The molecule has 2 heterocycles. The lowest BCUT2D eigenvalue weighted by Gasteiger charge is -2.16. The first-order valence-corrected chi connectivity index (χ1v) is 8.16. The third-order valence-corrected chi connectivity index (χ3v) is 4.32. The number of pyridine rings is 1. The summed E-state index contributed by atoms with van der Waals surface area (Å²) in [6.07, 6.45) is 6.08. The molecule has 0 radical (unpaired) electrons. The Morgan fingerprint density at radius 1 is 1.18 bits per heavy atom. The Labute approximate surface area is 132 Å². The van der Waals surface area contributed by atoms with Crippen LogP contribution < -0.4 is 4.74 Å². The van der Waals surface area contributed by atoms with E-state index in [0.717, 1.165) is 38.4 Å². The van der Waals surface area contributed by atoms with Gasteiger partial charge in [0, 0.05) is 31.4 Å². The first kappa shape index (κ1) is 15.0. The predicted molar refractivity (Wildman–Crippen MR) is 88.9 cm³/mol. The van der Waals surface area contributed by atoms with E-state index in [2.05, 4.69) is 47.1 Å². The zero-order valence-corrected chi connectivity index (χ0v) is 13.2. The van der Waals surface area contributed by atoms with Gasteiger partial charge in [-0.3, -0.25) is 9.88 Å². The Hall–Kier alpha value is -1.87. The van der Waals surface area contributed by atoms with Gasteiger partial charge in [0.25, 0.3) is 0 Å². The lowest BCUT2D eigenvalue weighted by atomic mass is 10.1. The summed E-state index contributed by atoms with van der Waals surface area (Å²) in [5.41, 5.74) is 2.65. The summed E-state index contributed by atoms with van der Waals surface area (Å²) in [7, 11) is 0. The van der Waals surface area contributed by atoms with Crippen LogP contribution in [0.4, 0.5) is 0 Å². The molecule has 3 nitrogen and oxygen atoms in total. The maximum Gasteiger partial charge on any atom is 0.119 e. The number of likely N-dealkylation sites (tertiary alicyclic amines) is 1. The van der Waals surface area contributed by atoms with E-state index in [4.69, 9.17) is 4.74 Å². The molecule has 0 amide bonds. The van der Waals surface area contributed by atoms with Crippen LogP contribution >= 0.6 is 0 Å². The molecule has 0 N–H and O–H groups in total. The molecule has 1 saturated heterocycles. The van der Waals surface area contributed by atoms with E-state index < -0.39 is 0 Å². The number of hydrogen-bond acceptors (Lipinski definition) is 3. The zero-order chi connectivity index (χ0) is 15.2. The Morgan fingerprint density at radius 2 is 2.05 bits per heavy atom. The Bertz CT molecular complexity index is 568. The van der Waals surface area contributed by atoms with Crippen LogP contribution in [0, 0.1) is 5.92 Å². The summed E-state index contributed by atoms with van der Waals surface area (Å²) >= 11 is 0. The monoisotopic (exact) mass is 296 g/mol. The van der Waals surface area contributed by atoms with E-state index in [9.17, 15) is 0 Å². The van der Waals surface area contributed by atoms with Gasteiger partial charge in [-0.05, 0) is 48.7 Å². The Morgan fingerprint density at radius 3 is 2.77 bits per heavy atom. The van der Waals surface area contributed by atoms with Gasteiger partial charge in [-0.2, -0.15) is 0 Å². The summed E-state index contributed by atoms with van der Waals surface area (Å²) < 4.78 is 5.95. The van der Waals surface area contributed by atoms with Crippen molar-refractivity contribution in [2.45, 2.75) is 26.3 Å². The normalized spacial score (nSPS) is 18.5. The molecule has 2 aromatic rings. The van der Waals surface area contributed by atoms with Crippen molar-refractivity contribution in [3.05, 3.63) is 59.9 Å². The molecule has 1 aliphatic rings. The van der Waals surface area contributed by atoms with Gasteiger partial charge in [-0.25, -0.2) is 0 Å². The number of benzene rings is 1. The second kappa shape index (κ2) is 7.41. The van der Waals surface area contributed by atoms with Crippen LogP contribution in [0.2, 0.25) is 0 Å². The molecule has 1 fully saturated rings. The molecule has 0 bridgehead atoms. The van der Waals surface area contributed by atoms with Crippen molar-refractivity contribution >= 4 is 0 Å². The highest BCUT2D eigenvalue weighted by Crippen LogP contribution is 2.20. The van der Waals surface area contributed by atoms with E-state index in [1.807, 2.05) is 18.5 Å². The molecular formula is C19H24N2O. The van der Waals surface area contributed by atoms with Gasteiger partial charge in [0.1, 0.15) is 5.75 Å². The van der Waals surface area contributed by atoms with Gasteiger partial charge in [-0.15, -0.1) is 0 Å². The number of rotatable bonds is 6. The largest absolute Gasteiger partial charge is 0.493 e. The Kier molecular flexibility index (Phi) is 5.07. The van der Waals surface area contributed by atoms with E-state index in [1.165, 1.54) is 17.5 Å². The van der Waals surface area contributed by atoms with Crippen LogP contribution in [-0.2, 0) is 13.0 Å². The number of aryl methyl sites for hydroxylation is 1. The molecule has 1 atom stereocenters. The Balaban J connectivity index is 1.44. The number of aromatic nitrogens is 1. The van der Waals surface area contributed by atoms with Crippen LogP contribution in [0.3, 0.4) is 0 Å². The summed E-state index contributed by atoms with van der Waals surface area (Å²) in [6, 6.07) is 12.6. The molecule has 0 aliphatic carbocycles. The summed E-state index contributed by atoms with van der Waals surface area (Å²) in [4.78, 5) is 6.68. The van der Waals surface area contributed by atoms with Crippen LogP contribution in [0.1, 0.15) is 24.5 Å². The molecule has 116 valence electrons. The molecule has 1 unspecified atom stereocenters. The van der Waals surface area contributed by atoms with Gasteiger partial charge >= 0.3 is 0 Å². The van der Waals surface area contributed by atoms with E-state index >= 15 is 0 Å². The number of ether oxygens (including phenoxy) is 1. The van der Waals surface area contributed by atoms with Crippen molar-refractivity contribution in [1.29, 1.82) is 0 Å². The summed E-state index contributed by atoms with van der Waals surface area (Å²) in [6.45, 7) is 6.25. The minimum Gasteiger partial charge on any atom is -0.493 e. The average molecular weight is 296 g/mol. The van der Waals surface area contributed by atoms with Gasteiger partial charge in [0.15, 0.2) is 0 Å². The van der Waals surface area contributed by atoms with Crippen molar-refractivity contribution in [2.75, 3.05) is 19.7 Å². The van der Waals surface area contributed by atoms with E-state index in [-0.39, 0.29) is 0 Å². The van der Waals surface area contributed by atoms with Gasteiger partial charge < -0.3 is 4.74 Å². The second-order valence-electron chi connectivity index (χ2n) is 6.06. The third-order valence-electron chi connectivity index (χ3n) is 4.32. The third kappa shape index (κ3) is 4.08. The van der Waals surface area contributed by atoms with Crippen LogP contribution in [-0.4, -0.2) is 29.6 Å². The van der Waals surface area contributed by atoms with Crippen molar-refractivity contribution in [3.63, 3.8) is 0 Å². The first-order chi connectivity index (χ1) is 10.8. The fourth-order valence-electron chi connectivity index (χ4n) is 2.98. The van der Waals surface area contributed by atoms with Gasteiger partial charge in [-0.1, -0.05) is 25.1 Å². The maximum absolute atomic E-state index is 5.95. The number of hydrogen-bond donors (Lipinski definition) is 0. The highest BCUT2D eigenvalue weighted by molar-refractivity contribution is 5.27. The molecule has 22 heavy (non-hydrogen) atoms. The smallest absolute Gasteiger partial charge is 0.119 e. The minimum absolute atomic E-state index is 0.627. The van der Waals surface area contributed by atoms with Crippen LogP contribution in [0.15, 0.2) is 48.8 Å². The number of nitrogens with zero attached hydrogens (tertiary/aromatic N) is 2. The molecule has 1 aromatic carbocycles. The van der Waals surface area contributed by atoms with Gasteiger partial charge in [0.05, 0.1) is 6.61 Å². The van der Waals surface area contributed by atoms with Crippen molar-refractivity contribution in [3.8, 4) is 5.75 Å². The molecule has 0 saturated carbocycles. The molecule has 3 rings (SSSR count). The molecular weight excluding hydrogens is 272 g/mol. The van der Waals surface area contributed by atoms with Crippen LogP contribution in [0.5, 0.6) is 5.75 Å². The van der Waals surface area contributed by atoms with Crippen molar-refractivity contribution in [1.82, 2.24) is 9.88 Å². The molecule has 1 aromatic heterocycles. The highest BCUT2D eigenvalue weighted by Gasteiger charge is 2.23. The van der Waals surface area contributed by atoms with Crippen molar-refractivity contribution < 1.29 is 4.74 Å². The first-order valence-electron chi connectivity index (χ1n) is 8.16. The topological polar surface area (TPSA) is 25.4 Å². The fourth-order valence-corrected chi connectivity index (χ4v) is 2.98. The average Bonchev–Trinajstić information content (AvgIpc) is 3.02. The lowest BCUT2D eigenvalue weighted by Crippen LogP contribution is -2.22. The lowest BCUT2D eigenvalue weighted by molar-refractivity contribution is 0.238. The fraction of sp³-hybridized carbons (Fsp3) is 0.421. The zero-order valence-electron chi connectivity index (χ0n) is 13.2. The quantitative estimate of drug-likeness (QED) is 0.815. The van der Waals surface area contributed by atoms with Crippen LogP contribution in [0.25, 0.3) is 0 Å². The highest BCUT2D eigenvalue weighted by atomic mass is 16.5. The van der Waals surface area contributed by atoms with E-state index in [1.54, 1.807) is 0 Å². The SMILES string of the molecule is CCc1ccc(OCC2CCN(Cc3cccnc3)C2)cc1. The maximum atomic E-state index is 5.95. The summed E-state index contributed by atoms with van der Waals surface area (Å²) in [5, 5.41) is 0. The minimum atomic E-state index is 0.627. The van der Waals surface area contributed by atoms with Crippen molar-refractivity contribution in [2.24, 2.45) is 5.92 Å².